The summed E-state index contributed by atoms with van der Waals surface area (Å²) in [4.78, 5) is 22.9. The predicted octanol–water partition coefficient (Wildman–Crippen LogP) is 2.72. The van der Waals surface area contributed by atoms with Crippen LogP contribution in [-0.4, -0.2) is 17.9 Å². The van der Waals surface area contributed by atoms with Crippen molar-refractivity contribution in [1.29, 1.82) is 0 Å². The lowest BCUT2D eigenvalue weighted by Crippen LogP contribution is -2.33. The van der Waals surface area contributed by atoms with Crippen LogP contribution in [0.4, 0.5) is 0 Å². The zero-order valence-corrected chi connectivity index (χ0v) is 10.4. The summed E-state index contributed by atoms with van der Waals surface area (Å²) >= 11 is 0. The molecular weight excluding hydrogens is 192 g/mol. The standard InChI is InChI=1S/C12H22O3/c1-6-8-12(4,5)11(14)15-10(7-2)9(3)13/h10H,6-8H2,1-5H3. The van der Waals surface area contributed by atoms with Crippen molar-refractivity contribution in [2.45, 2.75) is 60.0 Å². The van der Waals surface area contributed by atoms with Crippen LogP contribution >= 0.6 is 0 Å². The Kier molecular flexibility index (Phi) is 5.55. The first kappa shape index (κ1) is 14.1. The summed E-state index contributed by atoms with van der Waals surface area (Å²) in [5.41, 5.74) is -0.488. The second kappa shape index (κ2) is 5.89. The molecule has 3 heteroatoms. The van der Waals surface area contributed by atoms with E-state index in [4.69, 9.17) is 4.74 Å². The first-order chi connectivity index (χ1) is 6.85. The molecule has 0 heterocycles. The molecule has 0 aromatic heterocycles. The Balaban J connectivity index is 4.40. The Morgan fingerprint density at radius 2 is 1.80 bits per heavy atom. The SMILES string of the molecule is CCCC(C)(C)C(=O)OC(CC)C(C)=O. The second-order valence-electron chi connectivity index (χ2n) is 4.55. The van der Waals surface area contributed by atoms with Crippen LogP contribution in [0.3, 0.4) is 0 Å². The van der Waals surface area contributed by atoms with E-state index >= 15 is 0 Å². The number of hydrogen-bond acceptors (Lipinski definition) is 3. The van der Waals surface area contributed by atoms with E-state index in [2.05, 4.69) is 0 Å². The fourth-order valence-corrected chi connectivity index (χ4v) is 1.47. The Morgan fingerprint density at radius 1 is 1.27 bits per heavy atom. The molecule has 15 heavy (non-hydrogen) atoms. The zero-order chi connectivity index (χ0) is 12.1. The topological polar surface area (TPSA) is 43.4 Å². The quantitative estimate of drug-likeness (QED) is 0.638. The van der Waals surface area contributed by atoms with Gasteiger partial charge in [0.15, 0.2) is 11.9 Å². The summed E-state index contributed by atoms with van der Waals surface area (Å²) in [6.45, 7) is 9.02. The Bertz CT molecular complexity index is 231. The Morgan fingerprint density at radius 3 is 2.13 bits per heavy atom. The van der Waals surface area contributed by atoms with Crippen LogP contribution in [0.1, 0.15) is 53.9 Å². The van der Waals surface area contributed by atoms with E-state index in [-0.39, 0.29) is 11.8 Å². The van der Waals surface area contributed by atoms with Gasteiger partial charge in [-0.1, -0.05) is 20.3 Å². The van der Waals surface area contributed by atoms with E-state index in [1.165, 1.54) is 6.92 Å². The lowest BCUT2D eigenvalue weighted by atomic mass is 9.88. The zero-order valence-electron chi connectivity index (χ0n) is 10.4. The van der Waals surface area contributed by atoms with Crippen molar-refractivity contribution in [2.24, 2.45) is 5.41 Å². The molecule has 0 amide bonds. The molecule has 1 unspecified atom stereocenters. The van der Waals surface area contributed by atoms with Gasteiger partial charge in [0.1, 0.15) is 0 Å². The fourth-order valence-electron chi connectivity index (χ4n) is 1.47. The number of hydrogen-bond donors (Lipinski definition) is 0. The highest BCUT2D eigenvalue weighted by atomic mass is 16.5. The molecule has 3 nitrogen and oxygen atoms in total. The van der Waals surface area contributed by atoms with Gasteiger partial charge in [-0.3, -0.25) is 9.59 Å². The first-order valence-electron chi connectivity index (χ1n) is 5.56. The molecule has 0 aliphatic rings. The molecule has 0 fully saturated rings. The normalized spacial score (nSPS) is 13.4. The molecule has 0 bridgehead atoms. The summed E-state index contributed by atoms with van der Waals surface area (Å²) in [6, 6.07) is 0. The van der Waals surface area contributed by atoms with E-state index < -0.39 is 11.5 Å². The number of ketones is 1. The summed E-state index contributed by atoms with van der Waals surface area (Å²) in [7, 11) is 0. The third-order valence-corrected chi connectivity index (χ3v) is 2.50. The van der Waals surface area contributed by atoms with E-state index in [0.717, 1.165) is 12.8 Å². The van der Waals surface area contributed by atoms with Gasteiger partial charge < -0.3 is 4.74 Å². The number of rotatable bonds is 6. The van der Waals surface area contributed by atoms with Gasteiger partial charge in [0, 0.05) is 0 Å². The van der Waals surface area contributed by atoms with Gasteiger partial charge in [-0.25, -0.2) is 0 Å². The van der Waals surface area contributed by atoms with E-state index in [0.29, 0.717) is 6.42 Å². The summed E-state index contributed by atoms with van der Waals surface area (Å²) in [5, 5.41) is 0. The summed E-state index contributed by atoms with van der Waals surface area (Å²) < 4.78 is 5.19. The average Bonchev–Trinajstić information content (AvgIpc) is 2.12. The van der Waals surface area contributed by atoms with Crippen LogP contribution < -0.4 is 0 Å². The average molecular weight is 214 g/mol. The van der Waals surface area contributed by atoms with Crippen LogP contribution in [0.15, 0.2) is 0 Å². The molecule has 88 valence electrons. The fraction of sp³-hybridized carbons (Fsp3) is 0.833. The third kappa shape index (κ3) is 4.45. The van der Waals surface area contributed by atoms with Crippen molar-refractivity contribution in [3.63, 3.8) is 0 Å². The van der Waals surface area contributed by atoms with Crippen LogP contribution in [0, 0.1) is 5.41 Å². The maximum Gasteiger partial charge on any atom is 0.312 e. The number of ether oxygens (including phenoxy) is 1. The van der Waals surface area contributed by atoms with Crippen molar-refractivity contribution >= 4 is 11.8 Å². The van der Waals surface area contributed by atoms with Crippen molar-refractivity contribution in [2.75, 3.05) is 0 Å². The van der Waals surface area contributed by atoms with Gasteiger partial charge >= 0.3 is 5.97 Å². The first-order valence-corrected chi connectivity index (χ1v) is 5.56. The maximum atomic E-state index is 11.8. The molecule has 0 aliphatic carbocycles. The van der Waals surface area contributed by atoms with Crippen LogP contribution in [0.5, 0.6) is 0 Å². The minimum Gasteiger partial charge on any atom is -0.454 e. The Labute approximate surface area is 92.2 Å². The molecule has 0 spiro atoms. The largest absolute Gasteiger partial charge is 0.454 e. The van der Waals surface area contributed by atoms with Gasteiger partial charge in [-0.2, -0.15) is 0 Å². The number of esters is 1. The lowest BCUT2D eigenvalue weighted by molar-refractivity contribution is -0.163. The van der Waals surface area contributed by atoms with Crippen LogP contribution in [-0.2, 0) is 14.3 Å². The van der Waals surface area contributed by atoms with Crippen molar-refractivity contribution in [3.8, 4) is 0 Å². The molecule has 0 aliphatic heterocycles. The van der Waals surface area contributed by atoms with Gasteiger partial charge in [-0.05, 0) is 33.6 Å². The van der Waals surface area contributed by atoms with E-state index in [1.54, 1.807) is 0 Å². The van der Waals surface area contributed by atoms with Crippen molar-refractivity contribution < 1.29 is 14.3 Å². The summed E-state index contributed by atoms with van der Waals surface area (Å²) in [6.07, 6.45) is 1.68. The highest BCUT2D eigenvalue weighted by Gasteiger charge is 2.31. The molecule has 0 saturated carbocycles. The van der Waals surface area contributed by atoms with Crippen molar-refractivity contribution in [3.05, 3.63) is 0 Å². The highest BCUT2D eigenvalue weighted by Crippen LogP contribution is 2.24. The molecule has 0 saturated heterocycles. The monoisotopic (exact) mass is 214 g/mol. The molecule has 0 aromatic rings. The van der Waals surface area contributed by atoms with E-state index in [9.17, 15) is 9.59 Å². The highest BCUT2D eigenvalue weighted by molar-refractivity contribution is 5.84. The number of carbonyl (C=O) groups is 2. The van der Waals surface area contributed by atoms with Gasteiger partial charge in [0.05, 0.1) is 5.41 Å². The van der Waals surface area contributed by atoms with Gasteiger partial charge in [0.25, 0.3) is 0 Å². The molecule has 0 aromatic carbocycles. The molecular formula is C12H22O3. The number of Topliss-reactive ketones (excluding diaryl/α,β-unsaturated/α-hetero) is 1. The smallest absolute Gasteiger partial charge is 0.312 e. The third-order valence-electron chi connectivity index (χ3n) is 2.50. The van der Waals surface area contributed by atoms with Gasteiger partial charge in [-0.15, -0.1) is 0 Å². The second-order valence-corrected chi connectivity index (χ2v) is 4.55. The number of carbonyl (C=O) groups excluding carboxylic acids is 2. The minimum absolute atomic E-state index is 0.0850. The molecule has 0 radical (unpaired) electrons. The maximum absolute atomic E-state index is 11.8. The lowest BCUT2D eigenvalue weighted by Gasteiger charge is -2.24. The van der Waals surface area contributed by atoms with Crippen LogP contribution in [0.2, 0.25) is 0 Å². The molecule has 0 N–H and O–H groups in total. The predicted molar refractivity (Wildman–Crippen MR) is 59.5 cm³/mol. The Hall–Kier alpha value is -0.860. The van der Waals surface area contributed by atoms with Gasteiger partial charge in [0.2, 0.25) is 0 Å². The molecule has 0 rings (SSSR count). The molecule has 1 atom stereocenters. The van der Waals surface area contributed by atoms with Crippen LogP contribution in [0.25, 0.3) is 0 Å². The minimum atomic E-state index is -0.575. The summed E-state index contributed by atoms with van der Waals surface area (Å²) in [5.74, 6) is -0.357. The van der Waals surface area contributed by atoms with E-state index in [1.807, 2.05) is 27.7 Å². The van der Waals surface area contributed by atoms with Crippen molar-refractivity contribution in [1.82, 2.24) is 0 Å².